The van der Waals surface area contributed by atoms with Crippen molar-refractivity contribution in [2.45, 2.75) is 6.61 Å². The van der Waals surface area contributed by atoms with Crippen molar-refractivity contribution >= 4 is 50.8 Å². The second kappa shape index (κ2) is 8.05. The van der Waals surface area contributed by atoms with Crippen molar-refractivity contribution in [1.82, 2.24) is 9.97 Å². The molecule has 1 heterocycles. The van der Waals surface area contributed by atoms with Crippen molar-refractivity contribution in [3.63, 3.8) is 0 Å². The van der Waals surface area contributed by atoms with Gasteiger partial charge < -0.3 is 10.5 Å². The van der Waals surface area contributed by atoms with Crippen LogP contribution in [0.1, 0.15) is 16.1 Å². The average Bonchev–Trinajstić information content (AvgIpc) is 2.57. The van der Waals surface area contributed by atoms with E-state index in [1.54, 1.807) is 0 Å². The second-order valence-corrected chi connectivity index (χ2v) is 5.95. The number of hydrogen-bond donors (Lipinski definition) is 1. The lowest BCUT2D eigenvalue weighted by Crippen LogP contribution is -2.42. The van der Waals surface area contributed by atoms with Crippen molar-refractivity contribution in [3.05, 3.63) is 56.3 Å². The Bertz CT molecular complexity index is 830. The third-order valence-corrected chi connectivity index (χ3v) is 3.88. The van der Waals surface area contributed by atoms with Crippen LogP contribution in [-0.2, 0) is 11.3 Å². The van der Waals surface area contributed by atoms with Crippen LogP contribution < -0.4 is 10.6 Å². The molecule has 0 unspecified atom stereocenters. The molecule has 9 nitrogen and oxygen atoms in total. The number of anilines is 1. The van der Waals surface area contributed by atoms with Crippen LogP contribution in [-0.4, -0.2) is 33.0 Å². The molecule has 0 fully saturated rings. The second-order valence-electron chi connectivity index (χ2n) is 4.68. The molecule has 0 aliphatic carbocycles. The first kappa shape index (κ1) is 18.8. The van der Waals surface area contributed by atoms with Gasteiger partial charge in [0.25, 0.3) is 11.6 Å². The van der Waals surface area contributed by atoms with Crippen LogP contribution >= 0.6 is 28.1 Å². The minimum Gasteiger partial charge on any atom is -0.378 e. The third-order valence-electron chi connectivity index (χ3n) is 3.03. The Morgan fingerprint density at radius 2 is 2.08 bits per heavy atom. The van der Waals surface area contributed by atoms with Gasteiger partial charge in [0.05, 0.1) is 21.7 Å². The molecule has 0 saturated carbocycles. The molecule has 0 aliphatic rings. The Morgan fingerprint density at radius 1 is 1.44 bits per heavy atom. The summed E-state index contributed by atoms with van der Waals surface area (Å²) < 4.78 is 5.63. The van der Waals surface area contributed by atoms with E-state index in [0.29, 0.717) is 10.2 Å². The summed E-state index contributed by atoms with van der Waals surface area (Å²) in [4.78, 5) is 32.1. The number of methoxy groups -OCH3 is 1. The number of nitrogens with two attached hydrogens (primary N) is 1. The number of non-ortho nitro benzene ring substituents is 1. The lowest BCUT2D eigenvalue weighted by molar-refractivity contribution is -0.384. The zero-order valence-electron chi connectivity index (χ0n) is 12.9. The molecule has 0 aliphatic heterocycles. The van der Waals surface area contributed by atoms with Gasteiger partial charge in [-0.1, -0.05) is 0 Å². The quantitative estimate of drug-likeness (QED) is 0.438. The van der Waals surface area contributed by atoms with Gasteiger partial charge in [-0.25, -0.2) is 14.9 Å². The molecule has 1 amide bonds. The summed E-state index contributed by atoms with van der Waals surface area (Å²) >= 11 is 8.22. The van der Waals surface area contributed by atoms with Gasteiger partial charge in [-0.3, -0.25) is 14.9 Å². The number of thiocarbonyl (C=S) groups is 1. The molecular formula is C14H12BrN5O4S. The van der Waals surface area contributed by atoms with Crippen LogP contribution in [0.2, 0.25) is 0 Å². The monoisotopic (exact) mass is 425 g/mol. The van der Waals surface area contributed by atoms with E-state index in [1.807, 2.05) is 0 Å². The van der Waals surface area contributed by atoms with Crippen molar-refractivity contribution in [2.24, 2.45) is 5.73 Å². The Labute approximate surface area is 156 Å². The van der Waals surface area contributed by atoms with Crippen molar-refractivity contribution < 1.29 is 14.5 Å². The number of carbonyl (C=O) groups is 1. The molecule has 130 valence electrons. The summed E-state index contributed by atoms with van der Waals surface area (Å²) in [5.41, 5.74) is 6.17. The average molecular weight is 426 g/mol. The number of nitrogens with zero attached hydrogens (tertiary/aromatic N) is 4. The number of halogens is 1. The molecule has 1 aromatic heterocycles. The minimum absolute atomic E-state index is 0.0221. The number of benzene rings is 1. The number of nitro groups is 1. The lowest BCUT2D eigenvalue weighted by Gasteiger charge is -2.19. The Kier molecular flexibility index (Phi) is 6.07. The third kappa shape index (κ3) is 4.32. The SMILES string of the molecule is COCc1nc(N(C(=O)c2ccc([N+](=O)[O-])cc2)C(N)=S)ncc1Br. The number of carbonyl (C=O) groups excluding carboxylic acids is 1. The summed E-state index contributed by atoms with van der Waals surface area (Å²) in [6.07, 6.45) is 1.45. The fourth-order valence-electron chi connectivity index (χ4n) is 1.88. The summed E-state index contributed by atoms with van der Waals surface area (Å²) in [6, 6.07) is 5.04. The first-order valence-electron chi connectivity index (χ1n) is 6.74. The standard InChI is InChI=1S/C14H12BrN5O4S/c1-24-7-11-10(15)6-17-14(18-11)19(13(16)25)12(21)8-2-4-9(5-3-8)20(22)23/h2-6H,7H2,1H3,(H2,16,25). The van der Waals surface area contributed by atoms with Gasteiger partial charge in [0.15, 0.2) is 5.11 Å². The molecule has 25 heavy (non-hydrogen) atoms. The molecule has 2 N–H and O–H groups in total. The van der Waals surface area contributed by atoms with E-state index in [1.165, 1.54) is 37.6 Å². The maximum atomic E-state index is 12.7. The van der Waals surface area contributed by atoms with Crippen molar-refractivity contribution in [1.29, 1.82) is 0 Å². The smallest absolute Gasteiger partial charge is 0.269 e. The predicted molar refractivity (Wildman–Crippen MR) is 97.1 cm³/mol. The maximum Gasteiger partial charge on any atom is 0.269 e. The molecule has 0 atom stereocenters. The molecule has 0 spiro atoms. The lowest BCUT2D eigenvalue weighted by atomic mass is 10.2. The Morgan fingerprint density at radius 3 is 2.60 bits per heavy atom. The molecule has 0 bridgehead atoms. The van der Waals surface area contributed by atoms with Crippen LogP contribution in [0.15, 0.2) is 34.9 Å². The molecule has 2 aromatic rings. The van der Waals surface area contributed by atoms with Gasteiger partial charge in [-0.15, -0.1) is 0 Å². The Hall–Kier alpha value is -2.50. The summed E-state index contributed by atoms with van der Waals surface area (Å²) in [5, 5.41) is 10.5. The largest absolute Gasteiger partial charge is 0.378 e. The highest BCUT2D eigenvalue weighted by atomic mass is 79.9. The summed E-state index contributed by atoms with van der Waals surface area (Å²) in [7, 11) is 1.50. The van der Waals surface area contributed by atoms with Crippen LogP contribution in [0.4, 0.5) is 11.6 Å². The maximum absolute atomic E-state index is 12.7. The van der Waals surface area contributed by atoms with Crippen LogP contribution in [0, 0.1) is 10.1 Å². The van der Waals surface area contributed by atoms with E-state index in [4.69, 9.17) is 22.7 Å². The van der Waals surface area contributed by atoms with Crippen LogP contribution in [0.25, 0.3) is 0 Å². The zero-order valence-corrected chi connectivity index (χ0v) is 15.3. The number of nitro benzene ring substituents is 1. The molecular weight excluding hydrogens is 414 g/mol. The highest BCUT2D eigenvalue weighted by Gasteiger charge is 2.24. The van der Waals surface area contributed by atoms with Gasteiger partial charge in [-0.05, 0) is 40.3 Å². The van der Waals surface area contributed by atoms with E-state index in [9.17, 15) is 14.9 Å². The normalized spacial score (nSPS) is 10.3. The minimum atomic E-state index is -0.604. The van der Waals surface area contributed by atoms with E-state index in [2.05, 4.69) is 25.9 Å². The number of ether oxygens (including phenoxy) is 1. The number of amides is 1. The molecule has 2 rings (SSSR count). The van der Waals surface area contributed by atoms with Crippen LogP contribution in [0.3, 0.4) is 0 Å². The molecule has 11 heteroatoms. The van der Waals surface area contributed by atoms with E-state index >= 15 is 0 Å². The highest BCUT2D eigenvalue weighted by molar-refractivity contribution is 9.10. The van der Waals surface area contributed by atoms with Gasteiger partial charge in [0.1, 0.15) is 0 Å². The van der Waals surface area contributed by atoms with Gasteiger partial charge in [0.2, 0.25) is 5.95 Å². The van der Waals surface area contributed by atoms with Crippen molar-refractivity contribution in [3.8, 4) is 0 Å². The zero-order chi connectivity index (χ0) is 18.6. The summed E-state index contributed by atoms with van der Waals surface area (Å²) in [5.74, 6) is -0.626. The first-order valence-corrected chi connectivity index (χ1v) is 7.94. The van der Waals surface area contributed by atoms with E-state index in [0.717, 1.165) is 4.90 Å². The molecule has 0 saturated heterocycles. The number of hydrogen-bond acceptors (Lipinski definition) is 7. The molecule has 0 radical (unpaired) electrons. The highest BCUT2D eigenvalue weighted by Crippen LogP contribution is 2.20. The fourth-order valence-corrected chi connectivity index (χ4v) is 2.35. The van der Waals surface area contributed by atoms with Crippen molar-refractivity contribution in [2.75, 3.05) is 12.0 Å². The predicted octanol–water partition coefficient (Wildman–Crippen LogP) is 2.18. The van der Waals surface area contributed by atoms with Gasteiger partial charge >= 0.3 is 0 Å². The number of rotatable bonds is 5. The topological polar surface area (TPSA) is 124 Å². The fraction of sp³-hybridized carbons (Fsp3) is 0.143. The van der Waals surface area contributed by atoms with E-state index < -0.39 is 10.8 Å². The van der Waals surface area contributed by atoms with E-state index in [-0.39, 0.29) is 28.9 Å². The van der Waals surface area contributed by atoms with Gasteiger partial charge in [-0.2, -0.15) is 0 Å². The summed E-state index contributed by atoms with van der Waals surface area (Å²) in [6.45, 7) is 0.187. The first-order chi connectivity index (χ1) is 11.8. The van der Waals surface area contributed by atoms with Gasteiger partial charge in [0, 0.05) is 31.0 Å². The Balaban J connectivity index is 2.40. The number of aromatic nitrogens is 2. The van der Waals surface area contributed by atoms with Crippen LogP contribution in [0.5, 0.6) is 0 Å². The molecule has 1 aromatic carbocycles.